The van der Waals surface area contributed by atoms with Crippen LogP contribution in [0.4, 0.5) is 8.78 Å². The Kier molecular flexibility index (Phi) is 4.59. The van der Waals surface area contributed by atoms with E-state index < -0.39 is 18.8 Å². The summed E-state index contributed by atoms with van der Waals surface area (Å²) in [5, 5.41) is 17.9. The topological polar surface area (TPSA) is 49.7 Å². The van der Waals surface area contributed by atoms with Gasteiger partial charge < -0.3 is 14.8 Å². The fourth-order valence-corrected chi connectivity index (χ4v) is 1.83. The van der Waals surface area contributed by atoms with E-state index in [-0.39, 0.29) is 22.8 Å². The van der Waals surface area contributed by atoms with Crippen LogP contribution >= 0.6 is 11.6 Å². The maximum absolute atomic E-state index is 13.6. The Morgan fingerprint density at radius 1 is 1.15 bits per heavy atom. The van der Waals surface area contributed by atoms with Gasteiger partial charge >= 0.3 is 7.12 Å². The van der Waals surface area contributed by atoms with Gasteiger partial charge in [-0.2, -0.15) is 0 Å². The van der Waals surface area contributed by atoms with Crippen LogP contribution in [0.15, 0.2) is 36.4 Å². The third-order valence-corrected chi connectivity index (χ3v) is 2.88. The van der Waals surface area contributed by atoms with E-state index in [1.54, 1.807) is 0 Å². The van der Waals surface area contributed by atoms with Crippen molar-refractivity contribution in [3.8, 4) is 5.75 Å². The lowest BCUT2D eigenvalue weighted by Crippen LogP contribution is -2.30. The summed E-state index contributed by atoms with van der Waals surface area (Å²) in [7, 11) is -1.78. The van der Waals surface area contributed by atoms with Gasteiger partial charge in [0.1, 0.15) is 12.4 Å². The summed E-state index contributed by atoms with van der Waals surface area (Å²) >= 11 is 5.61. The van der Waals surface area contributed by atoms with E-state index in [0.717, 1.165) is 12.1 Å². The second kappa shape index (κ2) is 6.22. The molecule has 0 saturated heterocycles. The minimum atomic E-state index is -1.78. The maximum Gasteiger partial charge on any atom is 0.488 e. The van der Waals surface area contributed by atoms with Crippen LogP contribution in [0.3, 0.4) is 0 Å². The zero-order valence-electron chi connectivity index (χ0n) is 10.2. The minimum Gasteiger partial charge on any atom is -0.486 e. The van der Waals surface area contributed by atoms with E-state index >= 15 is 0 Å². The normalized spacial score (nSPS) is 10.4. The molecule has 0 atom stereocenters. The summed E-state index contributed by atoms with van der Waals surface area (Å²) in [5.41, 5.74) is 0.336. The van der Waals surface area contributed by atoms with Crippen molar-refractivity contribution < 1.29 is 23.6 Å². The Morgan fingerprint density at radius 2 is 1.90 bits per heavy atom. The van der Waals surface area contributed by atoms with Gasteiger partial charge in [0.15, 0.2) is 11.6 Å². The van der Waals surface area contributed by atoms with E-state index in [1.807, 2.05) is 0 Å². The van der Waals surface area contributed by atoms with Gasteiger partial charge in [-0.25, -0.2) is 8.78 Å². The molecule has 2 aromatic rings. The quantitative estimate of drug-likeness (QED) is 0.847. The molecule has 0 radical (unpaired) electrons. The van der Waals surface area contributed by atoms with Crippen LogP contribution in [0.2, 0.25) is 5.02 Å². The molecular formula is C13H10BClF2O3. The van der Waals surface area contributed by atoms with Crippen molar-refractivity contribution in [1.29, 1.82) is 0 Å². The molecule has 20 heavy (non-hydrogen) atoms. The number of benzene rings is 2. The minimum absolute atomic E-state index is 0.00448. The molecular weight excluding hydrogens is 288 g/mol. The predicted molar refractivity (Wildman–Crippen MR) is 72.0 cm³/mol. The van der Waals surface area contributed by atoms with E-state index in [1.165, 1.54) is 24.3 Å². The number of ether oxygens (including phenoxy) is 1. The third-order valence-electron chi connectivity index (χ3n) is 2.59. The van der Waals surface area contributed by atoms with Crippen LogP contribution in [0.25, 0.3) is 0 Å². The van der Waals surface area contributed by atoms with E-state index in [0.29, 0.717) is 5.56 Å². The van der Waals surface area contributed by atoms with Gasteiger partial charge in [-0.3, -0.25) is 0 Å². The van der Waals surface area contributed by atoms with Gasteiger partial charge in [0, 0.05) is 0 Å². The lowest BCUT2D eigenvalue weighted by Gasteiger charge is -2.09. The first kappa shape index (κ1) is 14.8. The zero-order chi connectivity index (χ0) is 14.7. The molecule has 0 saturated carbocycles. The molecule has 0 aliphatic carbocycles. The molecule has 0 fully saturated rings. The molecule has 0 amide bonds. The molecule has 0 bridgehead atoms. The van der Waals surface area contributed by atoms with Crippen molar-refractivity contribution in [2.24, 2.45) is 0 Å². The molecule has 3 nitrogen and oxygen atoms in total. The molecule has 0 unspecified atom stereocenters. The molecule has 0 aromatic heterocycles. The van der Waals surface area contributed by atoms with Crippen molar-refractivity contribution in [2.75, 3.05) is 0 Å². The van der Waals surface area contributed by atoms with Crippen LogP contribution in [0.5, 0.6) is 5.75 Å². The molecule has 0 aliphatic heterocycles. The van der Waals surface area contributed by atoms with Crippen molar-refractivity contribution >= 4 is 24.2 Å². The van der Waals surface area contributed by atoms with Gasteiger partial charge in [0.25, 0.3) is 0 Å². The smallest absolute Gasteiger partial charge is 0.486 e. The largest absolute Gasteiger partial charge is 0.488 e. The Balaban J connectivity index is 2.16. The molecule has 2 rings (SSSR count). The van der Waals surface area contributed by atoms with Crippen molar-refractivity contribution in [3.05, 3.63) is 58.6 Å². The first-order valence-electron chi connectivity index (χ1n) is 5.69. The highest BCUT2D eigenvalue weighted by Crippen LogP contribution is 2.24. The fourth-order valence-electron chi connectivity index (χ4n) is 1.66. The maximum atomic E-state index is 13.6. The number of rotatable bonds is 4. The highest BCUT2D eigenvalue weighted by molar-refractivity contribution is 6.58. The summed E-state index contributed by atoms with van der Waals surface area (Å²) in [4.78, 5) is 0. The predicted octanol–water partition coefficient (Wildman–Crippen LogP) is 1.88. The molecule has 2 N–H and O–H groups in total. The number of hydrogen-bond acceptors (Lipinski definition) is 3. The van der Waals surface area contributed by atoms with Gasteiger partial charge in [0.05, 0.1) is 5.02 Å². The van der Waals surface area contributed by atoms with Crippen LogP contribution in [-0.2, 0) is 6.61 Å². The van der Waals surface area contributed by atoms with Gasteiger partial charge in [-0.15, -0.1) is 0 Å². The summed E-state index contributed by atoms with van der Waals surface area (Å²) < 4.78 is 32.1. The summed E-state index contributed by atoms with van der Waals surface area (Å²) in [6.07, 6.45) is 0. The average Bonchev–Trinajstić information content (AvgIpc) is 2.40. The highest BCUT2D eigenvalue weighted by atomic mass is 35.5. The first-order chi connectivity index (χ1) is 9.47. The fraction of sp³-hybridized carbons (Fsp3) is 0.0769. The molecule has 7 heteroatoms. The Bertz CT molecular complexity index is 623. The van der Waals surface area contributed by atoms with Crippen molar-refractivity contribution in [3.63, 3.8) is 0 Å². The van der Waals surface area contributed by atoms with Crippen molar-refractivity contribution in [2.45, 2.75) is 6.61 Å². The third kappa shape index (κ3) is 3.48. The zero-order valence-corrected chi connectivity index (χ0v) is 10.9. The summed E-state index contributed by atoms with van der Waals surface area (Å²) in [6.45, 7) is -0.130. The molecule has 0 spiro atoms. The Hall–Kier alpha value is -1.63. The highest BCUT2D eigenvalue weighted by Gasteiger charge is 2.14. The SMILES string of the molecule is OB(O)c1cc(F)cc(COc2cccc(Cl)c2F)c1. The standard InChI is InChI=1S/C13H10BClF2O3/c15-11-2-1-3-12(13(11)17)20-7-8-4-9(14(18)19)6-10(16)5-8/h1-6,18-19H,7H2. The summed E-state index contributed by atoms with van der Waals surface area (Å²) in [6, 6.07) is 7.81. The Labute approximate surface area is 119 Å². The van der Waals surface area contributed by atoms with Crippen LogP contribution in [-0.4, -0.2) is 17.2 Å². The van der Waals surface area contributed by atoms with Crippen LogP contribution < -0.4 is 10.2 Å². The first-order valence-corrected chi connectivity index (χ1v) is 6.07. The van der Waals surface area contributed by atoms with Crippen LogP contribution in [0.1, 0.15) is 5.56 Å². The summed E-state index contributed by atoms with van der Waals surface area (Å²) in [5.74, 6) is -1.40. The second-order valence-corrected chi connectivity index (χ2v) is 4.51. The lowest BCUT2D eigenvalue weighted by molar-refractivity contribution is 0.290. The number of hydrogen-bond donors (Lipinski definition) is 2. The van der Waals surface area contributed by atoms with Gasteiger partial charge in [0.2, 0.25) is 0 Å². The second-order valence-electron chi connectivity index (χ2n) is 4.11. The average molecular weight is 298 g/mol. The van der Waals surface area contributed by atoms with E-state index in [9.17, 15) is 8.78 Å². The number of halogens is 3. The monoisotopic (exact) mass is 298 g/mol. The van der Waals surface area contributed by atoms with Crippen LogP contribution in [0, 0.1) is 11.6 Å². The molecule has 0 heterocycles. The van der Waals surface area contributed by atoms with Crippen molar-refractivity contribution in [1.82, 2.24) is 0 Å². The van der Waals surface area contributed by atoms with Gasteiger partial charge in [-0.1, -0.05) is 23.7 Å². The van der Waals surface area contributed by atoms with E-state index in [4.69, 9.17) is 26.4 Å². The molecule has 2 aromatic carbocycles. The molecule has 0 aliphatic rings. The van der Waals surface area contributed by atoms with Gasteiger partial charge in [-0.05, 0) is 35.3 Å². The molecule has 104 valence electrons. The van der Waals surface area contributed by atoms with E-state index in [2.05, 4.69) is 0 Å². The Morgan fingerprint density at radius 3 is 2.60 bits per heavy atom. The lowest BCUT2D eigenvalue weighted by atomic mass is 9.79.